The smallest absolute Gasteiger partial charge is 0.263 e. The van der Waals surface area contributed by atoms with Gasteiger partial charge >= 0.3 is 0 Å². The SMILES string of the molecule is CC(C)NC(=O)Cn1c(-c2ccc(F)c(Cl)c2)nc2ncc(-c3cc(Cl)cc(CN(C)C)c3)cc2c1=O. The first-order valence-electron chi connectivity index (χ1n) is 11.6. The van der Waals surface area contributed by atoms with Crippen LogP contribution < -0.4 is 10.9 Å². The molecule has 0 unspecified atom stereocenters. The summed E-state index contributed by atoms with van der Waals surface area (Å²) in [4.78, 5) is 37.4. The van der Waals surface area contributed by atoms with Crippen LogP contribution in [0.2, 0.25) is 10.0 Å². The molecule has 0 spiro atoms. The number of amides is 1. The zero-order valence-corrected chi connectivity index (χ0v) is 22.4. The van der Waals surface area contributed by atoms with E-state index in [4.69, 9.17) is 23.2 Å². The van der Waals surface area contributed by atoms with E-state index in [0.29, 0.717) is 22.7 Å². The van der Waals surface area contributed by atoms with Crippen LogP contribution in [-0.4, -0.2) is 45.5 Å². The second kappa shape index (κ2) is 11.0. The van der Waals surface area contributed by atoms with Gasteiger partial charge in [0.2, 0.25) is 5.91 Å². The van der Waals surface area contributed by atoms with Crippen LogP contribution in [0.3, 0.4) is 0 Å². The Labute approximate surface area is 223 Å². The third kappa shape index (κ3) is 6.15. The molecule has 0 saturated carbocycles. The van der Waals surface area contributed by atoms with Crippen molar-refractivity contribution in [1.82, 2.24) is 24.8 Å². The Morgan fingerprint density at radius 3 is 2.51 bits per heavy atom. The average Bonchev–Trinajstić information content (AvgIpc) is 2.81. The lowest BCUT2D eigenvalue weighted by Gasteiger charge is -2.15. The molecule has 0 aliphatic heterocycles. The number of hydrogen-bond donors (Lipinski definition) is 1. The van der Waals surface area contributed by atoms with Gasteiger partial charge in [-0.3, -0.25) is 14.2 Å². The second-order valence-corrected chi connectivity index (χ2v) is 10.2. The summed E-state index contributed by atoms with van der Waals surface area (Å²) < 4.78 is 15.1. The highest BCUT2D eigenvalue weighted by atomic mass is 35.5. The number of hydrogen-bond acceptors (Lipinski definition) is 5. The van der Waals surface area contributed by atoms with Crippen LogP contribution in [-0.2, 0) is 17.9 Å². The number of rotatable bonds is 7. The fourth-order valence-corrected chi connectivity index (χ4v) is 4.49. The van der Waals surface area contributed by atoms with Crippen molar-refractivity contribution in [2.45, 2.75) is 33.0 Å². The number of halogens is 3. The van der Waals surface area contributed by atoms with Gasteiger partial charge in [0.05, 0.1) is 10.4 Å². The Bertz CT molecular complexity index is 1550. The van der Waals surface area contributed by atoms with Gasteiger partial charge in [0.25, 0.3) is 5.56 Å². The fraction of sp³-hybridized carbons (Fsp3) is 0.259. The molecular weight excluding hydrogens is 516 g/mol. The largest absolute Gasteiger partial charge is 0.352 e. The van der Waals surface area contributed by atoms with E-state index in [-0.39, 0.29) is 40.4 Å². The highest BCUT2D eigenvalue weighted by Crippen LogP contribution is 2.28. The van der Waals surface area contributed by atoms with Crippen molar-refractivity contribution in [2.75, 3.05) is 14.1 Å². The minimum absolute atomic E-state index is 0.118. The lowest BCUT2D eigenvalue weighted by molar-refractivity contribution is -0.122. The summed E-state index contributed by atoms with van der Waals surface area (Å²) in [5, 5.41) is 3.47. The lowest BCUT2D eigenvalue weighted by atomic mass is 10.0. The van der Waals surface area contributed by atoms with E-state index < -0.39 is 11.4 Å². The number of pyridine rings is 1. The molecule has 2 aromatic carbocycles. The zero-order valence-electron chi connectivity index (χ0n) is 20.8. The molecule has 192 valence electrons. The van der Waals surface area contributed by atoms with E-state index in [1.807, 2.05) is 45.0 Å². The Morgan fingerprint density at radius 1 is 1.08 bits per heavy atom. The molecule has 2 aromatic heterocycles. The summed E-state index contributed by atoms with van der Waals surface area (Å²) >= 11 is 12.4. The third-order valence-corrected chi connectivity index (χ3v) is 6.04. The van der Waals surface area contributed by atoms with Crippen LogP contribution in [0.4, 0.5) is 4.39 Å². The van der Waals surface area contributed by atoms with Gasteiger partial charge in [-0.15, -0.1) is 0 Å². The van der Waals surface area contributed by atoms with Crippen LogP contribution in [0, 0.1) is 5.82 Å². The number of carbonyl (C=O) groups excluding carboxylic acids is 1. The first kappa shape index (κ1) is 26.7. The number of fused-ring (bicyclic) bond motifs is 1. The molecule has 0 aliphatic carbocycles. The summed E-state index contributed by atoms with van der Waals surface area (Å²) in [5.74, 6) is -0.801. The van der Waals surface area contributed by atoms with Crippen LogP contribution in [0.25, 0.3) is 33.5 Å². The van der Waals surface area contributed by atoms with Gasteiger partial charge in [-0.25, -0.2) is 14.4 Å². The van der Waals surface area contributed by atoms with Gasteiger partial charge in [0.15, 0.2) is 5.65 Å². The summed E-state index contributed by atoms with van der Waals surface area (Å²) in [6.07, 6.45) is 1.62. The molecule has 1 N–H and O–H groups in total. The maximum atomic E-state index is 13.8. The number of nitrogens with one attached hydrogen (secondary N) is 1. The van der Waals surface area contributed by atoms with Crippen molar-refractivity contribution in [3.05, 3.63) is 80.4 Å². The van der Waals surface area contributed by atoms with E-state index in [1.165, 1.54) is 22.8 Å². The fourth-order valence-electron chi connectivity index (χ4n) is 4.05. The van der Waals surface area contributed by atoms with Gasteiger partial charge in [0.1, 0.15) is 18.2 Å². The van der Waals surface area contributed by atoms with E-state index in [9.17, 15) is 14.0 Å². The van der Waals surface area contributed by atoms with Gasteiger partial charge < -0.3 is 10.2 Å². The van der Waals surface area contributed by atoms with Crippen molar-refractivity contribution in [3.63, 3.8) is 0 Å². The molecule has 2 heterocycles. The van der Waals surface area contributed by atoms with E-state index in [2.05, 4.69) is 15.3 Å². The van der Waals surface area contributed by atoms with Gasteiger partial charge in [-0.05, 0) is 81.5 Å². The highest BCUT2D eigenvalue weighted by Gasteiger charge is 2.18. The molecule has 10 heteroatoms. The molecule has 0 saturated heterocycles. The van der Waals surface area contributed by atoms with Crippen LogP contribution in [0.5, 0.6) is 0 Å². The molecule has 0 aliphatic rings. The quantitative estimate of drug-likeness (QED) is 0.349. The Hall–Kier alpha value is -3.33. The predicted octanol–water partition coefficient (Wildman–Crippen LogP) is 5.16. The lowest BCUT2D eigenvalue weighted by Crippen LogP contribution is -2.37. The van der Waals surface area contributed by atoms with Gasteiger partial charge in [-0.2, -0.15) is 0 Å². The van der Waals surface area contributed by atoms with Crippen LogP contribution in [0.15, 0.2) is 53.5 Å². The predicted molar refractivity (Wildman–Crippen MR) is 145 cm³/mol. The first-order valence-corrected chi connectivity index (χ1v) is 12.4. The van der Waals surface area contributed by atoms with Crippen molar-refractivity contribution in [2.24, 2.45) is 0 Å². The summed E-state index contributed by atoms with van der Waals surface area (Å²) in [6.45, 7) is 4.06. The van der Waals surface area contributed by atoms with E-state index in [1.54, 1.807) is 18.3 Å². The van der Waals surface area contributed by atoms with Crippen molar-refractivity contribution < 1.29 is 9.18 Å². The highest BCUT2D eigenvalue weighted by molar-refractivity contribution is 6.31. The average molecular weight is 542 g/mol. The number of carbonyl (C=O) groups is 1. The number of aromatic nitrogens is 3. The molecule has 4 aromatic rings. The Kier molecular flexibility index (Phi) is 7.92. The maximum absolute atomic E-state index is 13.8. The molecule has 1 amide bonds. The Morgan fingerprint density at radius 2 is 1.84 bits per heavy atom. The van der Waals surface area contributed by atoms with E-state index >= 15 is 0 Å². The molecule has 0 atom stereocenters. The molecule has 0 fully saturated rings. The van der Waals surface area contributed by atoms with Crippen molar-refractivity contribution >= 4 is 40.1 Å². The molecule has 0 radical (unpaired) electrons. The molecule has 7 nitrogen and oxygen atoms in total. The van der Waals surface area contributed by atoms with Gasteiger partial charge in [-0.1, -0.05) is 23.2 Å². The van der Waals surface area contributed by atoms with Gasteiger partial charge in [0, 0.05) is 34.9 Å². The summed E-state index contributed by atoms with van der Waals surface area (Å²) in [7, 11) is 3.93. The minimum Gasteiger partial charge on any atom is -0.352 e. The topological polar surface area (TPSA) is 80.1 Å². The Balaban J connectivity index is 1.89. The number of benzene rings is 2. The van der Waals surface area contributed by atoms with Crippen LogP contribution in [0.1, 0.15) is 19.4 Å². The van der Waals surface area contributed by atoms with Crippen LogP contribution >= 0.6 is 23.2 Å². The van der Waals surface area contributed by atoms with E-state index in [0.717, 1.165) is 11.1 Å². The maximum Gasteiger partial charge on any atom is 0.263 e. The second-order valence-electron chi connectivity index (χ2n) is 9.36. The minimum atomic E-state index is -0.601. The molecular formula is C27H26Cl2FN5O2. The normalized spacial score (nSPS) is 11.5. The molecule has 37 heavy (non-hydrogen) atoms. The zero-order chi connectivity index (χ0) is 26.9. The molecule has 0 bridgehead atoms. The number of nitrogens with zero attached hydrogens (tertiary/aromatic N) is 4. The first-order chi connectivity index (χ1) is 17.5. The summed E-state index contributed by atoms with van der Waals surface area (Å²) in [5.41, 5.74) is 2.62. The van der Waals surface area contributed by atoms with Crippen molar-refractivity contribution in [1.29, 1.82) is 0 Å². The molecule has 4 rings (SSSR count). The standard InChI is InChI=1S/C27H26Cl2FN5O2/c1-15(2)32-24(36)14-35-26(17-5-6-23(30)22(29)11-17)33-25-21(27(35)37)10-19(12-31-25)18-7-16(13-34(3)4)8-20(28)9-18/h5-12,15H,13-14H2,1-4H3,(H,32,36). The summed E-state index contributed by atoms with van der Waals surface area (Å²) in [6, 6.07) is 11.3. The third-order valence-electron chi connectivity index (χ3n) is 5.53. The monoisotopic (exact) mass is 541 g/mol. The van der Waals surface area contributed by atoms with Crippen molar-refractivity contribution in [3.8, 4) is 22.5 Å².